The van der Waals surface area contributed by atoms with E-state index in [4.69, 9.17) is 25.1 Å². The quantitative estimate of drug-likeness (QED) is 0.433. The Morgan fingerprint density at radius 3 is 2.86 bits per heavy atom. The first-order valence-electron chi connectivity index (χ1n) is 9.25. The molecule has 3 aromatic heterocycles. The van der Waals surface area contributed by atoms with Crippen molar-refractivity contribution >= 4 is 28.4 Å². The van der Waals surface area contributed by atoms with E-state index in [1.165, 1.54) is 0 Å². The number of aromatic amines is 1. The number of aliphatic hydroxyl groups is 2. The van der Waals surface area contributed by atoms with Crippen molar-refractivity contribution in [3.63, 3.8) is 0 Å². The summed E-state index contributed by atoms with van der Waals surface area (Å²) >= 11 is 0. The molecule has 0 amide bonds. The second-order valence-electron chi connectivity index (χ2n) is 6.33. The third-order valence-corrected chi connectivity index (χ3v) is 4.39. The Morgan fingerprint density at radius 2 is 2.03 bits per heavy atom. The maximum absolute atomic E-state index is 9.10. The molecule has 4 rings (SSSR count). The van der Waals surface area contributed by atoms with E-state index < -0.39 is 0 Å². The van der Waals surface area contributed by atoms with Crippen LogP contribution in [0, 0.1) is 5.41 Å². The number of fused-ring (bicyclic) bond motifs is 2. The number of H-pyrrole nitrogens is 1. The second kappa shape index (κ2) is 8.29. The Hall–Kier alpha value is -3.43. The van der Waals surface area contributed by atoms with Crippen LogP contribution in [0.25, 0.3) is 11.3 Å². The maximum atomic E-state index is 9.10. The zero-order valence-electron chi connectivity index (χ0n) is 15.6. The topological polar surface area (TPSA) is 128 Å². The van der Waals surface area contributed by atoms with Crippen LogP contribution in [0.15, 0.2) is 47.7 Å². The van der Waals surface area contributed by atoms with Gasteiger partial charge < -0.3 is 24.7 Å². The average molecular weight is 395 g/mol. The van der Waals surface area contributed by atoms with Crippen LogP contribution < -0.4 is 4.74 Å². The van der Waals surface area contributed by atoms with E-state index >= 15 is 0 Å². The van der Waals surface area contributed by atoms with Crippen molar-refractivity contribution in [2.24, 2.45) is 4.99 Å². The predicted molar refractivity (Wildman–Crippen MR) is 108 cm³/mol. The van der Waals surface area contributed by atoms with Gasteiger partial charge in [0.1, 0.15) is 12.4 Å². The van der Waals surface area contributed by atoms with Gasteiger partial charge in [-0.1, -0.05) is 6.07 Å². The first-order valence-corrected chi connectivity index (χ1v) is 9.25. The third-order valence-electron chi connectivity index (χ3n) is 4.39. The summed E-state index contributed by atoms with van der Waals surface area (Å²) in [6.07, 6.45) is 5.72. The van der Waals surface area contributed by atoms with Crippen molar-refractivity contribution in [2.75, 3.05) is 26.4 Å². The lowest BCUT2D eigenvalue weighted by atomic mass is 9.98. The molecule has 3 aromatic rings. The molecule has 0 aliphatic heterocycles. The van der Waals surface area contributed by atoms with Crippen molar-refractivity contribution in [2.45, 2.75) is 6.42 Å². The summed E-state index contributed by atoms with van der Waals surface area (Å²) in [5.74, 6) is 0.837. The highest BCUT2D eigenvalue weighted by atomic mass is 16.5. The van der Waals surface area contributed by atoms with Crippen molar-refractivity contribution in [1.82, 2.24) is 14.6 Å². The van der Waals surface area contributed by atoms with Crippen molar-refractivity contribution < 1.29 is 19.7 Å². The van der Waals surface area contributed by atoms with Crippen molar-refractivity contribution in [3.8, 4) is 5.88 Å². The lowest BCUT2D eigenvalue weighted by Crippen LogP contribution is -2.19. The zero-order chi connectivity index (χ0) is 20.2. The van der Waals surface area contributed by atoms with E-state index in [1.807, 2.05) is 18.2 Å². The van der Waals surface area contributed by atoms with Crippen LogP contribution in [0.4, 0.5) is 5.69 Å². The number of allylic oxidation sites excluding steroid dienone is 1. The van der Waals surface area contributed by atoms with Crippen LogP contribution in [-0.4, -0.2) is 62.7 Å². The van der Waals surface area contributed by atoms with Gasteiger partial charge in [0.2, 0.25) is 0 Å². The first kappa shape index (κ1) is 18.9. The fourth-order valence-electron chi connectivity index (χ4n) is 3.07. The molecule has 3 heterocycles. The lowest BCUT2D eigenvalue weighted by Gasteiger charge is -2.17. The number of hydrogen-bond donors (Lipinski definition) is 4. The van der Waals surface area contributed by atoms with Gasteiger partial charge in [0, 0.05) is 37.1 Å². The first-order chi connectivity index (χ1) is 14.2. The van der Waals surface area contributed by atoms with E-state index in [0.29, 0.717) is 41.4 Å². The predicted octanol–water partition coefficient (Wildman–Crippen LogP) is 1.93. The monoisotopic (exact) mass is 395 g/mol. The fourth-order valence-corrected chi connectivity index (χ4v) is 3.07. The third kappa shape index (κ3) is 3.65. The molecule has 0 atom stereocenters. The highest BCUT2D eigenvalue weighted by Crippen LogP contribution is 2.34. The molecule has 0 bridgehead atoms. The molecule has 150 valence electrons. The summed E-state index contributed by atoms with van der Waals surface area (Å²) in [6, 6.07) is 7.37. The normalized spacial score (nSPS) is 14.9. The number of aliphatic hydroxyl groups excluding tert-OH is 2. The molecule has 0 unspecified atom stereocenters. The Labute approximate surface area is 166 Å². The number of nitrogens with one attached hydrogen (secondary N) is 2. The van der Waals surface area contributed by atoms with Gasteiger partial charge in [0.25, 0.3) is 5.88 Å². The van der Waals surface area contributed by atoms with Crippen LogP contribution in [0.2, 0.25) is 0 Å². The number of pyridine rings is 1. The molecule has 9 nitrogen and oxygen atoms in total. The lowest BCUT2D eigenvalue weighted by molar-refractivity contribution is 0.197. The van der Waals surface area contributed by atoms with E-state index in [2.05, 4.69) is 15.1 Å². The average Bonchev–Trinajstić information content (AvgIpc) is 3.35. The van der Waals surface area contributed by atoms with Gasteiger partial charge in [-0.3, -0.25) is 5.41 Å². The summed E-state index contributed by atoms with van der Waals surface area (Å²) in [7, 11) is 0. The number of ether oxygens (including phenoxy) is 2. The number of hydrogen-bond acceptors (Lipinski definition) is 7. The van der Waals surface area contributed by atoms with Gasteiger partial charge in [-0.25, -0.2) is 9.51 Å². The minimum atomic E-state index is -0.144. The molecular formula is C20H21N5O4. The Morgan fingerprint density at radius 1 is 1.14 bits per heavy atom. The molecule has 1 aliphatic rings. The van der Waals surface area contributed by atoms with Crippen LogP contribution in [0.1, 0.15) is 17.7 Å². The van der Waals surface area contributed by atoms with Gasteiger partial charge in [0.05, 0.1) is 35.8 Å². The van der Waals surface area contributed by atoms with E-state index in [1.54, 1.807) is 29.1 Å². The molecule has 29 heavy (non-hydrogen) atoms. The van der Waals surface area contributed by atoms with Gasteiger partial charge in [-0.2, -0.15) is 0 Å². The van der Waals surface area contributed by atoms with Gasteiger partial charge in [-0.15, -0.1) is 5.10 Å². The van der Waals surface area contributed by atoms with Crippen LogP contribution in [0.5, 0.6) is 5.88 Å². The number of rotatable bonds is 8. The molecule has 0 aromatic carbocycles. The minimum absolute atomic E-state index is 0.0373. The maximum Gasteiger partial charge on any atom is 0.260 e. The number of aromatic nitrogens is 3. The van der Waals surface area contributed by atoms with Crippen LogP contribution in [0.3, 0.4) is 0 Å². The summed E-state index contributed by atoms with van der Waals surface area (Å²) in [5, 5.41) is 31.1. The highest BCUT2D eigenvalue weighted by molar-refractivity contribution is 6.54. The summed E-state index contributed by atoms with van der Waals surface area (Å²) in [5.41, 5.74) is 3.24. The largest absolute Gasteiger partial charge is 0.491 e. The molecule has 0 spiro atoms. The Kier molecular flexibility index (Phi) is 5.41. The molecular weight excluding hydrogens is 374 g/mol. The van der Waals surface area contributed by atoms with Crippen molar-refractivity contribution in [1.29, 1.82) is 5.41 Å². The molecule has 0 fully saturated rings. The molecule has 9 heteroatoms. The smallest absolute Gasteiger partial charge is 0.260 e. The molecule has 0 saturated heterocycles. The van der Waals surface area contributed by atoms with Gasteiger partial charge in [-0.05, 0) is 18.2 Å². The van der Waals surface area contributed by atoms with E-state index in [9.17, 15) is 0 Å². The Balaban J connectivity index is 1.79. The molecule has 1 aliphatic carbocycles. The summed E-state index contributed by atoms with van der Waals surface area (Å²) in [4.78, 5) is 7.77. The van der Waals surface area contributed by atoms with Crippen molar-refractivity contribution in [3.05, 3.63) is 54.0 Å². The second-order valence-corrected chi connectivity index (χ2v) is 6.33. The number of nitrogens with zero attached hydrogens (tertiary/aromatic N) is 3. The van der Waals surface area contributed by atoms with Gasteiger partial charge in [0.15, 0.2) is 5.69 Å². The SMILES string of the molecule is N=C1/C(=N\c2c(OCCO)nn3ccccc23)C=C(OCCCO)c2[nH]ccc21. The summed E-state index contributed by atoms with van der Waals surface area (Å²) < 4.78 is 13.0. The van der Waals surface area contributed by atoms with Crippen LogP contribution in [-0.2, 0) is 4.74 Å². The molecule has 0 saturated carbocycles. The Bertz CT molecular complexity index is 1100. The summed E-state index contributed by atoms with van der Waals surface area (Å²) in [6.45, 7) is 0.334. The highest BCUT2D eigenvalue weighted by Gasteiger charge is 2.25. The molecule has 4 N–H and O–H groups in total. The fraction of sp³-hybridized carbons (Fsp3) is 0.250. The van der Waals surface area contributed by atoms with E-state index in [0.717, 1.165) is 5.52 Å². The van der Waals surface area contributed by atoms with Gasteiger partial charge >= 0.3 is 0 Å². The van der Waals surface area contributed by atoms with Crippen LogP contribution >= 0.6 is 0 Å². The molecule has 0 radical (unpaired) electrons. The number of aliphatic imine (C=N–C) groups is 1. The minimum Gasteiger partial charge on any atom is -0.491 e. The standard InChI is InChI=1S/C20H21N5O4/c21-17-13-5-6-22-18(13)16(28-10-3-8-26)12-14(17)23-19-15-4-1-2-7-25(15)24-20(19)29-11-9-27/h1-2,4-7,12,21-22,26-27H,3,8-11H2/b21-17?,23-14-. The zero-order valence-corrected chi connectivity index (χ0v) is 15.6. The van der Waals surface area contributed by atoms with E-state index in [-0.39, 0.29) is 31.4 Å².